The Hall–Kier alpha value is -3.26. The fourth-order valence-electron chi connectivity index (χ4n) is 2.98. The van der Waals surface area contributed by atoms with Gasteiger partial charge in [-0.3, -0.25) is 4.72 Å². The van der Waals surface area contributed by atoms with Gasteiger partial charge in [-0.05, 0) is 42.5 Å². The van der Waals surface area contributed by atoms with Crippen LogP contribution in [0, 0.1) is 5.82 Å². The smallest absolute Gasteiger partial charge is 0.268 e. The molecular formula is C21H19FN2O4S. The van der Waals surface area contributed by atoms with E-state index in [4.69, 9.17) is 9.47 Å². The molecule has 1 heterocycles. The molecule has 0 spiro atoms. The van der Waals surface area contributed by atoms with Gasteiger partial charge in [-0.15, -0.1) is 0 Å². The molecule has 3 aromatic carbocycles. The first-order valence-corrected chi connectivity index (χ1v) is 10.3. The number of fused-ring (bicyclic) bond motifs is 1. The van der Waals surface area contributed by atoms with Gasteiger partial charge in [0, 0.05) is 25.7 Å². The third-order valence-corrected chi connectivity index (χ3v) is 5.84. The summed E-state index contributed by atoms with van der Waals surface area (Å²) in [5.74, 6) is 0.541. The minimum absolute atomic E-state index is 0.165. The highest BCUT2D eigenvalue weighted by Gasteiger charge is 2.27. The highest BCUT2D eigenvalue weighted by molar-refractivity contribution is 7.92. The SMILES string of the molecule is CN(C)c1cc(C2Oc3ccc(NS(=O)(=O)c4ccccc4)cc3O2)ccc1F. The average Bonchev–Trinajstić information content (AvgIpc) is 3.12. The Balaban J connectivity index is 1.55. The molecular weight excluding hydrogens is 395 g/mol. The first-order chi connectivity index (χ1) is 13.8. The summed E-state index contributed by atoms with van der Waals surface area (Å²) in [4.78, 5) is 1.83. The predicted octanol–water partition coefficient (Wildman–Crippen LogP) is 4.16. The zero-order chi connectivity index (χ0) is 20.6. The second kappa shape index (κ2) is 7.29. The van der Waals surface area contributed by atoms with Crippen molar-refractivity contribution < 1.29 is 22.3 Å². The van der Waals surface area contributed by atoms with Gasteiger partial charge in [0.1, 0.15) is 5.82 Å². The Morgan fingerprint density at radius 2 is 1.66 bits per heavy atom. The first kappa shape index (κ1) is 19.1. The minimum atomic E-state index is -3.71. The molecule has 0 amide bonds. The molecule has 1 aliphatic rings. The van der Waals surface area contributed by atoms with Crippen molar-refractivity contribution in [3.05, 3.63) is 78.1 Å². The Labute approximate surface area is 168 Å². The summed E-state index contributed by atoms with van der Waals surface area (Å²) in [6.07, 6.45) is -0.745. The van der Waals surface area contributed by atoms with Gasteiger partial charge in [-0.2, -0.15) is 0 Å². The highest BCUT2D eigenvalue weighted by Crippen LogP contribution is 2.42. The van der Waals surface area contributed by atoms with E-state index in [1.165, 1.54) is 18.2 Å². The van der Waals surface area contributed by atoms with Crippen LogP contribution in [0.1, 0.15) is 11.9 Å². The van der Waals surface area contributed by atoms with E-state index < -0.39 is 16.3 Å². The summed E-state index contributed by atoms with van der Waals surface area (Å²) >= 11 is 0. The standard InChI is InChI=1S/C21H19FN2O4S/c1-24(2)18-12-14(8-10-17(18)22)21-27-19-11-9-15(13-20(19)28-21)23-29(25,26)16-6-4-3-5-7-16/h3-13,21,23H,1-2H3. The number of sulfonamides is 1. The molecule has 0 saturated carbocycles. The van der Waals surface area contributed by atoms with Crippen LogP contribution in [-0.2, 0) is 10.0 Å². The van der Waals surface area contributed by atoms with Crippen molar-refractivity contribution in [1.29, 1.82) is 0 Å². The number of benzene rings is 3. The molecule has 0 saturated heterocycles. The molecule has 1 aliphatic heterocycles. The number of nitrogens with zero attached hydrogens (tertiary/aromatic N) is 1. The van der Waals surface area contributed by atoms with Gasteiger partial charge >= 0.3 is 0 Å². The Morgan fingerprint density at radius 3 is 2.38 bits per heavy atom. The number of hydrogen-bond acceptors (Lipinski definition) is 5. The molecule has 6 nitrogen and oxygen atoms in total. The molecule has 0 bridgehead atoms. The van der Waals surface area contributed by atoms with Crippen LogP contribution in [0.2, 0.25) is 0 Å². The lowest BCUT2D eigenvalue weighted by Gasteiger charge is -2.17. The van der Waals surface area contributed by atoms with E-state index >= 15 is 0 Å². The summed E-state index contributed by atoms with van der Waals surface area (Å²) in [5, 5.41) is 0. The van der Waals surface area contributed by atoms with Crippen LogP contribution in [0.4, 0.5) is 15.8 Å². The molecule has 0 radical (unpaired) electrons. The van der Waals surface area contributed by atoms with Crippen molar-refractivity contribution in [2.24, 2.45) is 0 Å². The predicted molar refractivity (Wildman–Crippen MR) is 108 cm³/mol. The number of halogens is 1. The summed E-state index contributed by atoms with van der Waals surface area (Å²) in [6.45, 7) is 0. The van der Waals surface area contributed by atoms with E-state index in [1.807, 2.05) is 0 Å². The van der Waals surface area contributed by atoms with Crippen LogP contribution in [0.5, 0.6) is 11.5 Å². The monoisotopic (exact) mass is 414 g/mol. The van der Waals surface area contributed by atoms with Crippen molar-refractivity contribution in [3.63, 3.8) is 0 Å². The maximum atomic E-state index is 13.9. The number of hydrogen-bond donors (Lipinski definition) is 1. The van der Waals surface area contributed by atoms with E-state index in [0.29, 0.717) is 28.4 Å². The van der Waals surface area contributed by atoms with Crippen LogP contribution < -0.4 is 19.1 Å². The Bertz CT molecular complexity index is 1150. The second-order valence-electron chi connectivity index (χ2n) is 6.75. The van der Waals surface area contributed by atoms with Crippen LogP contribution in [0.3, 0.4) is 0 Å². The van der Waals surface area contributed by atoms with Crippen molar-refractivity contribution in [2.75, 3.05) is 23.7 Å². The summed E-state index contributed by atoms with van der Waals surface area (Å²) in [7, 11) is -0.213. The molecule has 1 unspecified atom stereocenters. The average molecular weight is 414 g/mol. The summed E-state index contributed by atoms with van der Waals surface area (Å²) in [6, 6.07) is 17.5. The molecule has 150 valence electrons. The summed E-state index contributed by atoms with van der Waals surface area (Å²) in [5.41, 5.74) is 1.42. The fraction of sp³-hybridized carbons (Fsp3) is 0.143. The zero-order valence-electron chi connectivity index (χ0n) is 15.8. The maximum Gasteiger partial charge on any atom is 0.268 e. The Kier molecular flexibility index (Phi) is 4.79. The lowest BCUT2D eigenvalue weighted by Crippen LogP contribution is -2.13. The van der Waals surface area contributed by atoms with Gasteiger partial charge in [0.2, 0.25) is 0 Å². The van der Waals surface area contributed by atoms with Gasteiger partial charge in [0.25, 0.3) is 16.3 Å². The van der Waals surface area contributed by atoms with Crippen molar-refractivity contribution >= 4 is 21.4 Å². The van der Waals surface area contributed by atoms with Gasteiger partial charge < -0.3 is 14.4 Å². The number of anilines is 2. The first-order valence-electron chi connectivity index (χ1n) is 8.85. The molecule has 1 N–H and O–H groups in total. The molecule has 3 aromatic rings. The van der Waals surface area contributed by atoms with Gasteiger partial charge in [-0.25, -0.2) is 12.8 Å². The zero-order valence-corrected chi connectivity index (χ0v) is 16.6. The normalized spacial score (nSPS) is 15.2. The van der Waals surface area contributed by atoms with Gasteiger partial charge in [0.05, 0.1) is 16.3 Å². The molecule has 0 aliphatic carbocycles. The molecule has 8 heteroatoms. The molecule has 1 atom stereocenters. The van der Waals surface area contributed by atoms with Crippen molar-refractivity contribution in [3.8, 4) is 11.5 Å². The molecule has 4 rings (SSSR count). The van der Waals surface area contributed by atoms with E-state index in [1.54, 1.807) is 67.5 Å². The Morgan fingerprint density at radius 1 is 0.931 bits per heavy atom. The largest absolute Gasteiger partial charge is 0.447 e. The lowest BCUT2D eigenvalue weighted by atomic mass is 10.1. The molecule has 29 heavy (non-hydrogen) atoms. The fourth-order valence-corrected chi connectivity index (χ4v) is 4.06. The highest BCUT2D eigenvalue weighted by atomic mass is 32.2. The van der Waals surface area contributed by atoms with E-state index in [9.17, 15) is 12.8 Å². The minimum Gasteiger partial charge on any atom is -0.447 e. The quantitative estimate of drug-likeness (QED) is 0.679. The van der Waals surface area contributed by atoms with Crippen molar-refractivity contribution in [1.82, 2.24) is 0 Å². The number of rotatable bonds is 5. The maximum absolute atomic E-state index is 13.9. The van der Waals surface area contributed by atoms with E-state index in [0.717, 1.165) is 0 Å². The lowest BCUT2D eigenvalue weighted by molar-refractivity contribution is 0.0487. The topological polar surface area (TPSA) is 67.9 Å². The number of ether oxygens (including phenoxy) is 2. The van der Waals surface area contributed by atoms with Gasteiger partial charge in [0.15, 0.2) is 11.5 Å². The van der Waals surface area contributed by atoms with Crippen LogP contribution >= 0.6 is 0 Å². The number of nitrogens with one attached hydrogen (secondary N) is 1. The second-order valence-corrected chi connectivity index (χ2v) is 8.44. The van der Waals surface area contributed by atoms with E-state index in [-0.39, 0.29) is 10.7 Å². The van der Waals surface area contributed by atoms with Crippen molar-refractivity contribution in [2.45, 2.75) is 11.2 Å². The molecule has 0 aromatic heterocycles. The van der Waals surface area contributed by atoms with Gasteiger partial charge in [-0.1, -0.05) is 18.2 Å². The third kappa shape index (κ3) is 3.84. The van der Waals surface area contributed by atoms with Crippen LogP contribution in [0.15, 0.2) is 71.6 Å². The summed E-state index contributed by atoms with van der Waals surface area (Å²) < 4.78 is 53.1. The third-order valence-electron chi connectivity index (χ3n) is 4.44. The van der Waals surface area contributed by atoms with E-state index in [2.05, 4.69) is 4.72 Å². The molecule has 0 fully saturated rings. The van der Waals surface area contributed by atoms with Crippen LogP contribution in [0.25, 0.3) is 0 Å². The van der Waals surface area contributed by atoms with Crippen LogP contribution in [-0.4, -0.2) is 22.5 Å².